The van der Waals surface area contributed by atoms with Gasteiger partial charge in [0.2, 0.25) is 5.95 Å². The van der Waals surface area contributed by atoms with Crippen LogP contribution in [0.2, 0.25) is 0 Å². The Morgan fingerprint density at radius 2 is 1.96 bits per heavy atom. The molecule has 0 aliphatic heterocycles. The number of hydrogen-bond donors (Lipinski definition) is 2. The second kappa shape index (κ2) is 6.96. The van der Waals surface area contributed by atoms with Crippen molar-refractivity contribution in [1.29, 1.82) is 0 Å². The molecule has 0 atom stereocenters. The zero-order valence-electron chi connectivity index (χ0n) is 13.1. The fourth-order valence-corrected chi connectivity index (χ4v) is 2.37. The fourth-order valence-electron chi connectivity index (χ4n) is 2.37. The Morgan fingerprint density at radius 1 is 1.13 bits per heavy atom. The predicted octanol–water partition coefficient (Wildman–Crippen LogP) is 3.27. The second-order valence-electron chi connectivity index (χ2n) is 5.27. The summed E-state index contributed by atoms with van der Waals surface area (Å²) in [5.41, 5.74) is 8.61. The van der Waals surface area contributed by atoms with Gasteiger partial charge in [0, 0.05) is 23.8 Å². The summed E-state index contributed by atoms with van der Waals surface area (Å²) in [5.74, 6) is 1.54. The molecule has 1 heterocycles. The molecule has 2 aromatic carbocycles. The number of ether oxygens (including phenoxy) is 1. The van der Waals surface area contributed by atoms with E-state index in [1.54, 1.807) is 6.20 Å². The predicted molar refractivity (Wildman–Crippen MR) is 93.8 cm³/mol. The Labute approximate surface area is 135 Å². The highest BCUT2D eigenvalue weighted by Crippen LogP contribution is 2.16. The zero-order chi connectivity index (χ0) is 16.1. The van der Waals surface area contributed by atoms with Crippen LogP contribution in [0.15, 0.2) is 48.7 Å². The molecule has 0 aliphatic carbocycles. The van der Waals surface area contributed by atoms with E-state index in [9.17, 15) is 0 Å². The van der Waals surface area contributed by atoms with Gasteiger partial charge in [-0.15, -0.1) is 0 Å². The van der Waals surface area contributed by atoms with Gasteiger partial charge in [-0.1, -0.05) is 12.1 Å². The van der Waals surface area contributed by atoms with Crippen LogP contribution in [0.1, 0.15) is 12.5 Å². The molecule has 0 saturated heterocycles. The average Bonchev–Trinajstić information content (AvgIpc) is 2.57. The van der Waals surface area contributed by atoms with Crippen molar-refractivity contribution in [2.24, 2.45) is 0 Å². The third-order valence-corrected chi connectivity index (χ3v) is 3.54. The van der Waals surface area contributed by atoms with Crippen molar-refractivity contribution in [2.45, 2.75) is 13.3 Å². The molecule has 3 rings (SSSR count). The molecule has 5 nitrogen and oxygen atoms in total. The first kappa shape index (κ1) is 15.1. The Bertz CT molecular complexity index is 787. The van der Waals surface area contributed by atoms with Crippen molar-refractivity contribution >= 4 is 22.5 Å². The topological polar surface area (TPSA) is 73.1 Å². The van der Waals surface area contributed by atoms with Crippen molar-refractivity contribution in [3.63, 3.8) is 0 Å². The van der Waals surface area contributed by atoms with Crippen molar-refractivity contribution in [3.05, 3.63) is 54.2 Å². The molecule has 1 aromatic heterocycles. The molecule has 0 saturated carbocycles. The fraction of sp³-hybridized carbons (Fsp3) is 0.222. The molecule has 5 heteroatoms. The lowest BCUT2D eigenvalue weighted by Gasteiger charge is -2.07. The molecular weight excluding hydrogens is 288 g/mol. The molecule has 3 N–H and O–H groups in total. The minimum absolute atomic E-state index is 0.633. The smallest absolute Gasteiger partial charge is 0.223 e. The van der Waals surface area contributed by atoms with Crippen LogP contribution in [0.25, 0.3) is 10.9 Å². The summed E-state index contributed by atoms with van der Waals surface area (Å²) in [5, 5.41) is 4.20. The van der Waals surface area contributed by atoms with Gasteiger partial charge >= 0.3 is 0 Å². The summed E-state index contributed by atoms with van der Waals surface area (Å²) >= 11 is 0. The summed E-state index contributed by atoms with van der Waals surface area (Å²) in [6.07, 6.45) is 2.69. The Kier molecular flexibility index (Phi) is 4.57. The molecule has 0 amide bonds. The third kappa shape index (κ3) is 3.88. The van der Waals surface area contributed by atoms with Gasteiger partial charge in [0.1, 0.15) is 5.75 Å². The number of fused-ring (bicyclic) bond motifs is 1. The molecule has 23 heavy (non-hydrogen) atoms. The van der Waals surface area contributed by atoms with E-state index < -0.39 is 0 Å². The van der Waals surface area contributed by atoms with Crippen LogP contribution in [0.3, 0.4) is 0 Å². The number of nitrogens with one attached hydrogen (secondary N) is 1. The highest BCUT2D eigenvalue weighted by molar-refractivity contribution is 5.81. The lowest BCUT2D eigenvalue weighted by atomic mass is 10.1. The van der Waals surface area contributed by atoms with Gasteiger partial charge < -0.3 is 15.8 Å². The highest BCUT2D eigenvalue weighted by Gasteiger charge is 2.01. The molecule has 0 bridgehead atoms. The summed E-state index contributed by atoms with van der Waals surface area (Å²) in [6.45, 7) is 3.44. The molecule has 0 unspecified atom stereocenters. The van der Waals surface area contributed by atoms with Crippen LogP contribution in [0, 0.1) is 0 Å². The van der Waals surface area contributed by atoms with Gasteiger partial charge in [0.15, 0.2) is 0 Å². The number of anilines is 2. The van der Waals surface area contributed by atoms with Crippen molar-refractivity contribution in [1.82, 2.24) is 9.97 Å². The first-order valence-corrected chi connectivity index (χ1v) is 7.72. The molecule has 0 spiro atoms. The second-order valence-corrected chi connectivity index (χ2v) is 5.27. The quantitative estimate of drug-likeness (QED) is 0.684. The Hall–Kier alpha value is -2.82. The lowest BCUT2D eigenvalue weighted by molar-refractivity contribution is 0.340. The van der Waals surface area contributed by atoms with E-state index in [1.807, 2.05) is 37.3 Å². The van der Waals surface area contributed by atoms with E-state index in [2.05, 4.69) is 27.4 Å². The van der Waals surface area contributed by atoms with Crippen molar-refractivity contribution < 1.29 is 4.74 Å². The summed E-state index contributed by atoms with van der Waals surface area (Å²) in [6, 6.07) is 13.8. The number of rotatable bonds is 6. The lowest BCUT2D eigenvalue weighted by Crippen LogP contribution is -2.08. The van der Waals surface area contributed by atoms with Crippen LogP contribution in [-0.2, 0) is 6.42 Å². The van der Waals surface area contributed by atoms with E-state index in [4.69, 9.17) is 10.5 Å². The standard InChI is InChI=1S/C18H20N4O/c1-2-23-16-6-3-13(4-7-16)9-10-20-18-21-12-14-11-15(19)5-8-17(14)22-18/h3-8,11-12H,2,9-10,19H2,1H3,(H,20,21,22). The van der Waals surface area contributed by atoms with Gasteiger partial charge in [0.25, 0.3) is 0 Å². The minimum atomic E-state index is 0.633. The molecular formula is C18H20N4O. The van der Waals surface area contributed by atoms with Gasteiger partial charge in [-0.25, -0.2) is 9.97 Å². The van der Waals surface area contributed by atoms with E-state index in [-0.39, 0.29) is 0 Å². The summed E-state index contributed by atoms with van der Waals surface area (Å²) in [7, 11) is 0. The number of hydrogen-bond acceptors (Lipinski definition) is 5. The monoisotopic (exact) mass is 308 g/mol. The minimum Gasteiger partial charge on any atom is -0.494 e. The Balaban J connectivity index is 1.58. The number of nitrogen functional groups attached to an aromatic ring is 1. The maximum atomic E-state index is 5.76. The summed E-state index contributed by atoms with van der Waals surface area (Å²) < 4.78 is 5.44. The number of nitrogens with zero attached hydrogens (tertiary/aromatic N) is 2. The van der Waals surface area contributed by atoms with E-state index in [0.29, 0.717) is 12.6 Å². The van der Waals surface area contributed by atoms with E-state index in [0.717, 1.165) is 35.3 Å². The van der Waals surface area contributed by atoms with Gasteiger partial charge in [0.05, 0.1) is 12.1 Å². The van der Waals surface area contributed by atoms with Crippen LogP contribution in [0.5, 0.6) is 5.75 Å². The normalized spacial score (nSPS) is 10.7. The van der Waals surface area contributed by atoms with Gasteiger partial charge in [-0.05, 0) is 49.2 Å². The van der Waals surface area contributed by atoms with Gasteiger partial charge in [-0.3, -0.25) is 0 Å². The number of benzene rings is 2. The van der Waals surface area contributed by atoms with Crippen LogP contribution < -0.4 is 15.8 Å². The molecule has 0 fully saturated rings. The maximum absolute atomic E-state index is 5.76. The number of aromatic nitrogens is 2. The molecule has 3 aromatic rings. The largest absolute Gasteiger partial charge is 0.494 e. The molecule has 118 valence electrons. The Morgan fingerprint density at radius 3 is 2.74 bits per heavy atom. The third-order valence-electron chi connectivity index (χ3n) is 3.54. The molecule has 0 aliphatic rings. The maximum Gasteiger partial charge on any atom is 0.223 e. The number of nitrogens with two attached hydrogens (primary N) is 1. The van der Waals surface area contributed by atoms with Gasteiger partial charge in [-0.2, -0.15) is 0 Å². The van der Waals surface area contributed by atoms with Crippen molar-refractivity contribution in [3.8, 4) is 5.75 Å². The SMILES string of the molecule is CCOc1ccc(CCNc2ncc3cc(N)ccc3n2)cc1. The first-order valence-electron chi connectivity index (χ1n) is 7.72. The van der Waals surface area contributed by atoms with Crippen LogP contribution in [-0.4, -0.2) is 23.1 Å². The van der Waals surface area contributed by atoms with E-state index >= 15 is 0 Å². The van der Waals surface area contributed by atoms with Crippen LogP contribution >= 0.6 is 0 Å². The van der Waals surface area contributed by atoms with E-state index in [1.165, 1.54) is 5.56 Å². The zero-order valence-corrected chi connectivity index (χ0v) is 13.1. The highest BCUT2D eigenvalue weighted by atomic mass is 16.5. The first-order chi connectivity index (χ1) is 11.2. The average molecular weight is 308 g/mol. The van der Waals surface area contributed by atoms with Crippen LogP contribution in [0.4, 0.5) is 11.6 Å². The van der Waals surface area contributed by atoms with Crippen molar-refractivity contribution in [2.75, 3.05) is 24.2 Å². The molecule has 0 radical (unpaired) electrons. The summed E-state index contributed by atoms with van der Waals surface area (Å²) in [4.78, 5) is 8.81.